The van der Waals surface area contributed by atoms with Crippen LogP contribution in [0.3, 0.4) is 0 Å². The third-order valence-electron chi connectivity index (χ3n) is 6.72. The Kier molecular flexibility index (Phi) is 9.40. The normalized spacial score (nSPS) is 14.2. The molecular formula is C30H39N8O3P. The van der Waals surface area contributed by atoms with Crippen molar-refractivity contribution < 1.29 is 14.1 Å². The topological polar surface area (TPSA) is 136 Å². The van der Waals surface area contributed by atoms with E-state index in [2.05, 4.69) is 48.7 Å². The molecule has 0 saturated carbocycles. The van der Waals surface area contributed by atoms with Gasteiger partial charge in [0, 0.05) is 37.2 Å². The number of ether oxygens (including phenoxy) is 1. The SMILES string of the molecule is CCN1CCN(c2ccc(Nc3ncc(C#N)c(Nc4ccccc4P(C)(C)=O)n3)c(NC(=O)OC(C)(C)C)c2)CC1. The van der Waals surface area contributed by atoms with Gasteiger partial charge in [0.25, 0.3) is 0 Å². The highest BCUT2D eigenvalue weighted by atomic mass is 31.2. The number of aromatic nitrogens is 2. The Hall–Kier alpha value is -4.13. The molecule has 4 rings (SSSR count). The van der Waals surface area contributed by atoms with E-state index >= 15 is 0 Å². The number of nitriles is 1. The van der Waals surface area contributed by atoms with Crippen molar-refractivity contribution in [3.8, 4) is 6.07 Å². The molecular weight excluding hydrogens is 551 g/mol. The minimum atomic E-state index is -2.60. The number of carbonyl (C=O) groups is 1. The largest absolute Gasteiger partial charge is 0.444 e. The summed E-state index contributed by atoms with van der Waals surface area (Å²) in [6.07, 6.45) is 0.835. The Morgan fingerprint density at radius 1 is 1.05 bits per heavy atom. The van der Waals surface area contributed by atoms with Gasteiger partial charge >= 0.3 is 6.09 Å². The smallest absolute Gasteiger partial charge is 0.412 e. The molecule has 1 aliphatic heterocycles. The second-order valence-electron chi connectivity index (χ2n) is 11.5. The number of nitrogens with one attached hydrogen (secondary N) is 3. The predicted octanol–water partition coefficient (Wildman–Crippen LogP) is 5.57. The Morgan fingerprint density at radius 2 is 1.76 bits per heavy atom. The fraction of sp³-hybridized carbons (Fsp3) is 0.400. The summed E-state index contributed by atoms with van der Waals surface area (Å²) in [5.74, 6) is 0.477. The average Bonchev–Trinajstić information content (AvgIpc) is 2.93. The number of rotatable bonds is 8. The highest BCUT2D eigenvalue weighted by molar-refractivity contribution is 7.70. The molecule has 2 aromatic carbocycles. The average molecular weight is 591 g/mol. The van der Waals surface area contributed by atoms with E-state index in [0.717, 1.165) is 38.4 Å². The van der Waals surface area contributed by atoms with Crippen LogP contribution in [0.5, 0.6) is 0 Å². The van der Waals surface area contributed by atoms with Crippen molar-refractivity contribution in [3.63, 3.8) is 0 Å². The van der Waals surface area contributed by atoms with Crippen molar-refractivity contribution in [2.24, 2.45) is 0 Å². The lowest BCUT2D eigenvalue weighted by Gasteiger charge is -2.35. The van der Waals surface area contributed by atoms with Crippen LogP contribution in [-0.4, -0.2) is 72.6 Å². The van der Waals surface area contributed by atoms with Crippen molar-refractivity contribution in [3.05, 3.63) is 54.2 Å². The molecule has 12 heteroatoms. The van der Waals surface area contributed by atoms with Gasteiger partial charge in [-0.3, -0.25) is 5.32 Å². The molecule has 0 unspecified atom stereocenters. The molecule has 42 heavy (non-hydrogen) atoms. The maximum atomic E-state index is 12.9. The van der Waals surface area contributed by atoms with Gasteiger partial charge in [0.15, 0.2) is 5.82 Å². The van der Waals surface area contributed by atoms with Crippen LogP contribution in [0.1, 0.15) is 33.3 Å². The number of benzene rings is 2. The second-order valence-corrected chi connectivity index (χ2v) is 14.6. The van der Waals surface area contributed by atoms with Crippen molar-refractivity contribution in [1.29, 1.82) is 5.26 Å². The van der Waals surface area contributed by atoms with E-state index in [0.29, 0.717) is 22.4 Å². The van der Waals surface area contributed by atoms with Crippen LogP contribution in [0.4, 0.5) is 39.3 Å². The fourth-order valence-corrected chi connectivity index (χ4v) is 5.75. The third-order valence-corrected chi connectivity index (χ3v) is 8.27. The van der Waals surface area contributed by atoms with Crippen LogP contribution in [0, 0.1) is 11.3 Å². The number of carbonyl (C=O) groups excluding carboxylic acids is 1. The number of piperazine rings is 1. The van der Waals surface area contributed by atoms with Gasteiger partial charge in [-0.15, -0.1) is 0 Å². The maximum absolute atomic E-state index is 12.9. The molecule has 0 atom stereocenters. The summed E-state index contributed by atoms with van der Waals surface area (Å²) in [5, 5.41) is 19.6. The van der Waals surface area contributed by atoms with E-state index in [4.69, 9.17) is 4.74 Å². The Labute approximate surface area is 247 Å². The first-order valence-corrected chi connectivity index (χ1v) is 16.5. The van der Waals surface area contributed by atoms with Gasteiger partial charge in [0.1, 0.15) is 24.4 Å². The Balaban J connectivity index is 1.65. The molecule has 1 aromatic heterocycles. The molecule has 222 valence electrons. The summed E-state index contributed by atoms with van der Waals surface area (Å²) in [4.78, 5) is 26.4. The molecule has 3 N–H and O–H groups in total. The van der Waals surface area contributed by atoms with Gasteiger partial charge < -0.3 is 29.7 Å². The molecule has 0 spiro atoms. The van der Waals surface area contributed by atoms with Gasteiger partial charge in [-0.2, -0.15) is 10.2 Å². The molecule has 2 heterocycles. The first-order chi connectivity index (χ1) is 19.9. The molecule has 0 aliphatic carbocycles. The summed E-state index contributed by atoms with van der Waals surface area (Å²) in [7, 11) is -2.60. The van der Waals surface area contributed by atoms with Crippen LogP contribution < -0.4 is 26.2 Å². The zero-order chi connectivity index (χ0) is 30.5. The molecule has 3 aromatic rings. The zero-order valence-corrected chi connectivity index (χ0v) is 26.0. The summed E-state index contributed by atoms with van der Waals surface area (Å²) in [6.45, 7) is 15.7. The number of hydrogen-bond acceptors (Lipinski definition) is 10. The lowest BCUT2D eigenvalue weighted by Crippen LogP contribution is -2.46. The maximum Gasteiger partial charge on any atom is 0.412 e. The van der Waals surface area contributed by atoms with Crippen LogP contribution in [0.25, 0.3) is 0 Å². The van der Waals surface area contributed by atoms with Crippen molar-refractivity contribution in [1.82, 2.24) is 14.9 Å². The van der Waals surface area contributed by atoms with Crippen molar-refractivity contribution in [2.75, 3.05) is 66.9 Å². The first-order valence-electron chi connectivity index (χ1n) is 13.9. The first kappa shape index (κ1) is 30.8. The van der Waals surface area contributed by atoms with E-state index in [1.54, 1.807) is 25.5 Å². The fourth-order valence-electron chi connectivity index (χ4n) is 4.59. The highest BCUT2D eigenvalue weighted by Gasteiger charge is 2.21. The number of para-hydroxylation sites is 1. The zero-order valence-electron chi connectivity index (χ0n) is 25.1. The monoisotopic (exact) mass is 590 g/mol. The minimum absolute atomic E-state index is 0.210. The van der Waals surface area contributed by atoms with Crippen LogP contribution in [0.15, 0.2) is 48.7 Å². The molecule has 11 nitrogen and oxygen atoms in total. The Morgan fingerprint density at radius 3 is 2.40 bits per heavy atom. The van der Waals surface area contributed by atoms with E-state index in [1.807, 2.05) is 51.1 Å². The van der Waals surface area contributed by atoms with E-state index in [9.17, 15) is 14.6 Å². The molecule has 1 saturated heterocycles. The quantitative estimate of drug-likeness (QED) is 0.286. The molecule has 0 bridgehead atoms. The van der Waals surface area contributed by atoms with Gasteiger partial charge in [0.2, 0.25) is 5.95 Å². The summed E-state index contributed by atoms with van der Waals surface area (Å²) in [6, 6.07) is 15.1. The number of amides is 1. The second kappa shape index (κ2) is 12.8. The van der Waals surface area contributed by atoms with E-state index in [-0.39, 0.29) is 17.3 Å². The third kappa shape index (κ3) is 7.99. The minimum Gasteiger partial charge on any atom is -0.444 e. The predicted molar refractivity (Wildman–Crippen MR) is 169 cm³/mol. The van der Waals surface area contributed by atoms with E-state index < -0.39 is 18.8 Å². The van der Waals surface area contributed by atoms with Crippen molar-refractivity contribution in [2.45, 2.75) is 33.3 Å². The lowest BCUT2D eigenvalue weighted by molar-refractivity contribution is 0.0636. The van der Waals surface area contributed by atoms with Gasteiger partial charge in [-0.25, -0.2) is 9.78 Å². The number of anilines is 6. The Bertz CT molecular complexity index is 1520. The van der Waals surface area contributed by atoms with Crippen LogP contribution >= 0.6 is 7.14 Å². The van der Waals surface area contributed by atoms with Gasteiger partial charge in [-0.05, 0) is 71.0 Å². The molecule has 1 aliphatic rings. The van der Waals surface area contributed by atoms with Crippen LogP contribution in [0.2, 0.25) is 0 Å². The lowest BCUT2D eigenvalue weighted by atomic mass is 10.2. The highest BCUT2D eigenvalue weighted by Crippen LogP contribution is 2.38. The van der Waals surface area contributed by atoms with Crippen molar-refractivity contribution >= 4 is 53.1 Å². The summed E-state index contributed by atoms with van der Waals surface area (Å²) < 4.78 is 18.4. The molecule has 1 fully saturated rings. The summed E-state index contributed by atoms with van der Waals surface area (Å²) >= 11 is 0. The molecule has 1 amide bonds. The van der Waals surface area contributed by atoms with Gasteiger partial charge in [-0.1, -0.05) is 19.1 Å². The number of hydrogen-bond donors (Lipinski definition) is 3. The number of likely N-dealkylation sites (N-methyl/N-ethyl adjacent to an activating group) is 1. The summed E-state index contributed by atoms with van der Waals surface area (Å²) in [5.41, 5.74) is 2.20. The molecule has 0 radical (unpaired) electrons. The van der Waals surface area contributed by atoms with E-state index in [1.165, 1.54) is 6.20 Å². The number of nitrogens with zero attached hydrogens (tertiary/aromatic N) is 5. The van der Waals surface area contributed by atoms with Crippen LogP contribution in [-0.2, 0) is 9.30 Å². The standard InChI is InChI=1S/C30H39N8O3P/c1-7-37-14-16-38(17-15-37)22-12-13-23(25(18-22)35-29(39)41-30(2,3)4)34-28-32-20-21(19-31)27(36-28)33-24-10-8-9-11-26(24)42(5,6)40/h8-13,18,20H,7,14-17H2,1-6H3,(H,35,39)(H2,32,33,34,36). The van der Waals surface area contributed by atoms with Gasteiger partial charge in [0.05, 0.1) is 23.3 Å².